The standard InChI is InChI=1S/C21H29FN4O2/c1-16-13-20(24-23-16)21(27)26(11-12-28-2)14-17-7-9-25(10-8-17)15-18-5-3-4-6-19(18)22/h3-6,13,17H,7-12,14-15H2,1-2H3,(H,23,24). The molecule has 0 bridgehead atoms. The maximum atomic E-state index is 13.9. The van der Waals surface area contributed by atoms with Crippen molar-refractivity contribution in [3.05, 3.63) is 53.1 Å². The van der Waals surface area contributed by atoms with Crippen LogP contribution in [0.2, 0.25) is 0 Å². The summed E-state index contributed by atoms with van der Waals surface area (Å²) < 4.78 is 19.1. The maximum Gasteiger partial charge on any atom is 0.274 e. The first-order valence-electron chi connectivity index (χ1n) is 9.82. The average Bonchev–Trinajstić information content (AvgIpc) is 3.14. The van der Waals surface area contributed by atoms with Gasteiger partial charge < -0.3 is 9.64 Å². The molecule has 1 amide bonds. The Balaban J connectivity index is 1.54. The van der Waals surface area contributed by atoms with Crippen LogP contribution in [0.1, 0.15) is 34.6 Å². The minimum Gasteiger partial charge on any atom is -0.383 e. The van der Waals surface area contributed by atoms with Gasteiger partial charge in [-0.05, 0) is 50.9 Å². The summed E-state index contributed by atoms with van der Waals surface area (Å²) in [6.07, 6.45) is 1.98. The molecule has 6 nitrogen and oxygen atoms in total. The quantitative estimate of drug-likeness (QED) is 0.755. The van der Waals surface area contributed by atoms with E-state index in [1.807, 2.05) is 24.0 Å². The second-order valence-corrected chi connectivity index (χ2v) is 7.49. The molecule has 0 radical (unpaired) electrons. The van der Waals surface area contributed by atoms with E-state index in [9.17, 15) is 9.18 Å². The molecule has 1 fully saturated rings. The van der Waals surface area contributed by atoms with Crippen LogP contribution in [0.5, 0.6) is 0 Å². The molecule has 152 valence electrons. The minimum atomic E-state index is -0.143. The third-order valence-corrected chi connectivity index (χ3v) is 5.32. The SMILES string of the molecule is COCCN(CC1CCN(Cc2ccccc2F)CC1)C(=O)c1cc(C)[nH]n1. The van der Waals surface area contributed by atoms with Crippen molar-refractivity contribution in [2.24, 2.45) is 5.92 Å². The fraction of sp³-hybridized carbons (Fsp3) is 0.524. The topological polar surface area (TPSA) is 61.5 Å². The van der Waals surface area contributed by atoms with E-state index in [0.717, 1.165) is 37.2 Å². The minimum absolute atomic E-state index is 0.0600. The van der Waals surface area contributed by atoms with E-state index < -0.39 is 0 Å². The number of aromatic nitrogens is 2. The van der Waals surface area contributed by atoms with Gasteiger partial charge in [-0.25, -0.2) is 4.39 Å². The molecule has 1 aromatic heterocycles. The van der Waals surface area contributed by atoms with Crippen molar-refractivity contribution in [3.63, 3.8) is 0 Å². The first-order valence-corrected chi connectivity index (χ1v) is 9.82. The van der Waals surface area contributed by atoms with Crippen LogP contribution >= 0.6 is 0 Å². The molecule has 7 heteroatoms. The summed E-state index contributed by atoms with van der Waals surface area (Å²) in [7, 11) is 1.64. The van der Waals surface area contributed by atoms with Gasteiger partial charge >= 0.3 is 0 Å². The number of benzene rings is 1. The largest absolute Gasteiger partial charge is 0.383 e. The number of aryl methyl sites for hydroxylation is 1. The predicted molar refractivity (Wildman–Crippen MR) is 106 cm³/mol. The molecule has 0 saturated carbocycles. The Morgan fingerprint density at radius 1 is 1.36 bits per heavy atom. The van der Waals surface area contributed by atoms with Gasteiger partial charge in [0.1, 0.15) is 11.5 Å². The van der Waals surface area contributed by atoms with E-state index in [-0.39, 0.29) is 11.7 Å². The van der Waals surface area contributed by atoms with E-state index in [2.05, 4.69) is 15.1 Å². The molecule has 1 aliphatic heterocycles. The highest BCUT2D eigenvalue weighted by Gasteiger charge is 2.25. The molecule has 1 aliphatic rings. The Labute approximate surface area is 165 Å². The van der Waals surface area contributed by atoms with Crippen molar-refractivity contribution in [1.82, 2.24) is 20.0 Å². The van der Waals surface area contributed by atoms with Gasteiger partial charge in [0.05, 0.1) is 6.61 Å². The van der Waals surface area contributed by atoms with Crippen molar-refractivity contribution in [2.45, 2.75) is 26.3 Å². The lowest BCUT2D eigenvalue weighted by Gasteiger charge is -2.34. The van der Waals surface area contributed by atoms with Crippen LogP contribution in [0.4, 0.5) is 4.39 Å². The van der Waals surface area contributed by atoms with Gasteiger partial charge in [0.15, 0.2) is 0 Å². The first kappa shape index (κ1) is 20.5. The van der Waals surface area contributed by atoms with E-state index in [0.29, 0.717) is 37.9 Å². The lowest BCUT2D eigenvalue weighted by atomic mass is 9.95. The van der Waals surface area contributed by atoms with E-state index in [1.165, 1.54) is 6.07 Å². The van der Waals surface area contributed by atoms with Crippen molar-refractivity contribution in [2.75, 3.05) is 39.9 Å². The molecular weight excluding hydrogens is 359 g/mol. The molecule has 2 heterocycles. The Hall–Kier alpha value is -2.25. The molecule has 0 unspecified atom stereocenters. The monoisotopic (exact) mass is 388 g/mol. The number of H-pyrrole nitrogens is 1. The van der Waals surface area contributed by atoms with Gasteiger partial charge in [0, 0.05) is 38.0 Å². The lowest BCUT2D eigenvalue weighted by Crippen LogP contribution is -2.42. The number of methoxy groups -OCH3 is 1. The lowest BCUT2D eigenvalue weighted by molar-refractivity contribution is 0.0611. The third-order valence-electron chi connectivity index (χ3n) is 5.32. The Bertz CT molecular complexity index is 771. The van der Waals surface area contributed by atoms with Gasteiger partial charge in [-0.3, -0.25) is 14.8 Å². The zero-order chi connectivity index (χ0) is 19.9. The Kier molecular flexibility index (Phi) is 7.17. The summed E-state index contributed by atoms with van der Waals surface area (Å²) in [5.41, 5.74) is 2.06. The zero-order valence-corrected chi connectivity index (χ0v) is 16.7. The van der Waals surface area contributed by atoms with Gasteiger partial charge in [-0.2, -0.15) is 5.10 Å². The van der Waals surface area contributed by atoms with Gasteiger partial charge in [-0.1, -0.05) is 18.2 Å². The number of ether oxygens (including phenoxy) is 1. The second-order valence-electron chi connectivity index (χ2n) is 7.49. The molecule has 0 aliphatic carbocycles. The number of nitrogens with zero attached hydrogens (tertiary/aromatic N) is 3. The molecule has 1 N–H and O–H groups in total. The van der Waals surface area contributed by atoms with Crippen LogP contribution in [-0.2, 0) is 11.3 Å². The third kappa shape index (κ3) is 5.39. The smallest absolute Gasteiger partial charge is 0.274 e. The second kappa shape index (κ2) is 9.80. The summed E-state index contributed by atoms with van der Waals surface area (Å²) >= 11 is 0. The number of piperidine rings is 1. The maximum absolute atomic E-state index is 13.9. The zero-order valence-electron chi connectivity index (χ0n) is 16.7. The van der Waals surface area contributed by atoms with E-state index in [4.69, 9.17) is 4.74 Å². The fourth-order valence-corrected chi connectivity index (χ4v) is 3.67. The number of halogens is 1. The number of likely N-dealkylation sites (tertiary alicyclic amines) is 1. The van der Waals surface area contributed by atoms with Crippen LogP contribution in [0.15, 0.2) is 30.3 Å². The Morgan fingerprint density at radius 3 is 2.75 bits per heavy atom. The number of aromatic amines is 1. The van der Waals surface area contributed by atoms with Crippen LogP contribution < -0.4 is 0 Å². The summed E-state index contributed by atoms with van der Waals surface area (Å²) in [5.74, 6) is 0.225. The van der Waals surface area contributed by atoms with Crippen molar-refractivity contribution < 1.29 is 13.9 Å². The van der Waals surface area contributed by atoms with Crippen molar-refractivity contribution >= 4 is 5.91 Å². The predicted octanol–water partition coefficient (Wildman–Crippen LogP) is 2.86. The number of carbonyl (C=O) groups is 1. The van der Waals surface area contributed by atoms with E-state index in [1.54, 1.807) is 19.2 Å². The van der Waals surface area contributed by atoms with Crippen LogP contribution in [0.25, 0.3) is 0 Å². The Morgan fingerprint density at radius 2 is 2.11 bits per heavy atom. The number of amides is 1. The van der Waals surface area contributed by atoms with Gasteiger partial charge in [-0.15, -0.1) is 0 Å². The number of rotatable bonds is 8. The number of hydrogen-bond donors (Lipinski definition) is 1. The molecule has 1 saturated heterocycles. The summed E-state index contributed by atoms with van der Waals surface area (Å²) in [6, 6.07) is 8.73. The van der Waals surface area contributed by atoms with Crippen LogP contribution in [-0.4, -0.2) is 65.8 Å². The number of carbonyl (C=O) groups excluding carboxylic acids is 1. The number of hydrogen-bond acceptors (Lipinski definition) is 4. The molecule has 28 heavy (non-hydrogen) atoms. The number of nitrogens with one attached hydrogen (secondary N) is 1. The molecule has 0 atom stereocenters. The van der Waals surface area contributed by atoms with Gasteiger partial charge in [0.2, 0.25) is 0 Å². The fourth-order valence-electron chi connectivity index (χ4n) is 3.67. The highest BCUT2D eigenvalue weighted by molar-refractivity contribution is 5.92. The average molecular weight is 388 g/mol. The summed E-state index contributed by atoms with van der Waals surface area (Å²) in [6.45, 7) is 6.09. The van der Waals surface area contributed by atoms with Crippen LogP contribution in [0, 0.1) is 18.7 Å². The highest BCUT2D eigenvalue weighted by atomic mass is 19.1. The highest BCUT2D eigenvalue weighted by Crippen LogP contribution is 2.21. The first-order chi connectivity index (χ1) is 13.6. The van der Waals surface area contributed by atoms with E-state index >= 15 is 0 Å². The van der Waals surface area contributed by atoms with Crippen molar-refractivity contribution in [3.8, 4) is 0 Å². The van der Waals surface area contributed by atoms with Crippen molar-refractivity contribution in [1.29, 1.82) is 0 Å². The molecule has 3 rings (SSSR count). The molecule has 2 aromatic rings. The molecule has 1 aromatic carbocycles. The summed E-state index contributed by atoms with van der Waals surface area (Å²) in [5, 5.41) is 6.94. The van der Waals surface area contributed by atoms with Gasteiger partial charge in [0.25, 0.3) is 5.91 Å². The molecule has 0 spiro atoms. The summed E-state index contributed by atoms with van der Waals surface area (Å²) in [4.78, 5) is 16.9. The van der Waals surface area contributed by atoms with Crippen LogP contribution in [0.3, 0.4) is 0 Å². The molecular formula is C21H29FN4O2. The normalized spacial score (nSPS) is 15.7.